The molecule has 160 valence electrons. The minimum Gasteiger partial charge on any atom is -0.371 e. The Balaban J connectivity index is 1.90. The van der Waals surface area contributed by atoms with Gasteiger partial charge in [-0.25, -0.2) is 0 Å². The van der Waals surface area contributed by atoms with E-state index in [4.69, 9.17) is 4.74 Å². The Hall–Kier alpha value is -2.34. The molecule has 1 heterocycles. The molecule has 1 atom stereocenters. The smallest absolute Gasteiger partial charge is 0.191 e. The summed E-state index contributed by atoms with van der Waals surface area (Å²) in [5.74, 6) is 0.799. The van der Waals surface area contributed by atoms with Crippen LogP contribution in [0.5, 0.6) is 0 Å². The van der Waals surface area contributed by atoms with Crippen molar-refractivity contribution in [2.45, 2.75) is 72.8 Å². The van der Waals surface area contributed by atoms with Gasteiger partial charge in [0.25, 0.3) is 0 Å². The number of benzene rings is 1. The molecule has 1 unspecified atom stereocenters. The minimum absolute atomic E-state index is 0.138. The lowest BCUT2D eigenvalue weighted by molar-refractivity contribution is -0.0149. The van der Waals surface area contributed by atoms with Crippen LogP contribution in [0.15, 0.2) is 29.3 Å². The summed E-state index contributed by atoms with van der Waals surface area (Å²) in [6.07, 6.45) is 0.909. The zero-order valence-corrected chi connectivity index (χ0v) is 19.3. The molecule has 2 N–H and O–H groups in total. The number of guanidine groups is 1. The van der Waals surface area contributed by atoms with Gasteiger partial charge in [-0.2, -0.15) is 5.10 Å². The Labute approximate surface area is 175 Å². The Kier molecular flexibility index (Phi) is 7.85. The molecular formula is C23H37N5O. The van der Waals surface area contributed by atoms with E-state index in [9.17, 15) is 0 Å². The van der Waals surface area contributed by atoms with Crippen molar-refractivity contribution in [2.24, 2.45) is 12.0 Å². The predicted molar refractivity (Wildman–Crippen MR) is 120 cm³/mol. The molecule has 0 saturated carbocycles. The number of aromatic nitrogens is 2. The second kappa shape index (κ2) is 9.92. The first-order valence-electron chi connectivity index (χ1n) is 10.3. The van der Waals surface area contributed by atoms with Gasteiger partial charge in [-0.05, 0) is 64.7 Å². The number of hydrogen-bond donors (Lipinski definition) is 2. The zero-order chi connectivity index (χ0) is 21.6. The number of nitrogens with zero attached hydrogens (tertiary/aromatic N) is 3. The molecule has 0 amide bonds. The van der Waals surface area contributed by atoms with E-state index in [1.807, 2.05) is 11.7 Å². The van der Waals surface area contributed by atoms with Gasteiger partial charge in [-0.15, -0.1) is 0 Å². The molecule has 1 aromatic carbocycles. The Bertz CT molecular complexity index is 832. The first kappa shape index (κ1) is 22.9. The molecule has 0 radical (unpaired) electrons. The van der Waals surface area contributed by atoms with Crippen LogP contribution >= 0.6 is 0 Å². The molecule has 6 nitrogen and oxygen atoms in total. The van der Waals surface area contributed by atoms with Gasteiger partial charge in [0.2, 0.25) is 0 Å². The van der Waals surface area contributed by atoms with Crippen LogP contribution in [0.3, 0.4) is 0 Å². The lowest BCUT2D eigenvalue weighted by Gasteiger charge is -2.20. The largest absolute Gasteiger partial charge is 0.371 e. The van der Waals surface area contributed by atoms with Crippen LogP contribution in [0.2, 0.25) is 0 Å². The van der Waals surface area contributed by atoms with Gasteiger partial charge in [0, 0.05) is 32.4 Å². The number of nitrogens with one attached hydrogen (secondary N) is 2. The van der Waals surface area contributed by atoms with Gasteiger partial charge in [0.05, 0.1) is 17.9 Å². The molecule has 0 bridgehead atoms. The van der Waals surface area contributed by atoms with E-state index < -0.39 is 0 Å². The highest BCUT2D eigenvalue weighted by Crippen LogP contribution is 2.15. The average molecular weight is 400 g/mol. The third-order valence-electron chi connectivity index (χ3n) is 4.90. The highest BCUT2D eigenvalue weighted by Gasteiger charge is 2.14. The summed E-state index contributed by atoms with van der Waals surface area (Å²) in [5.41, 5.74) is 5.85. The van der Waals surface area contributed by atoms with Crippen LogP contribution in [-0.4, -0.2) is 34.4 Å². The first-order valence-corrected chi connectivity index (χ1v) is 10.3. The maximum absolute atomic E-state index is 5.88. The summed E-state index contributed by atoms with van der Waals surface area (Å²) >= 11 is 0. The molecule has 1 aromatic heterocycles. The maximum Gasteiger partial charge on any atom is 0.191 e. The van der Waals surface area contributed by atoms with Crippen LogP contribution in [0.1, 0.15) is 55.8 Å². The number of aryl methyl sites for hydroxylation is 2. The highest BCUT2D eigenvalue weighted by atomic mass is 16.5. The third-order valence-corrected chi connectivity index (χ3v) is 4.90. The fraction of sp³-hybridized carbons (Fsp3) is 0.565. The van der Waals surface area contributed by atoms with E-state index in [1.54, 1.807) is 7.05 Å². The topological polar surface area (TPSA) is 63.5 Å². The summed E-state index contributed by atoms with van der Waals surface area (Å²) in [4.78, 5) is 4.37. The van der Waals surface area contributed by atoms with E-state index in [-0.39, 0.29) is 11.6 Å². The monoisotopic (exact) mass is 399 g/mol. The van der Waals surface area contributed by atoms with Crippen molar-refractivity contribution in [3.8, 4) is 0 Å². The van der Waals surface area contributed by atoms with Gasteiger partial charge in [0.1, 0.15) is 0 Å². The molecule has 2 rings (SSSR count). The molecular weight excluding hydrogens is 362 g/mol. The standard InChI is InChI=1S/C23H37N5O/c1-16(12-21-17(2)27-28(8)18(21)3)26-22(24-7)25-14-19-10-9-11-20(13-19)15-29-23(4,5)6/h9-11,13,16H,12,14-15H2,1-8H3,(H2,24,25,26). The van der Waals surface area contributed by atoms with Crippen LogP contribution in [0, 0.1) is 13.8 Å². The molecule has 0 fully saturated rings. The number of ether oxygens (including phenoxy) is 1. The Morgan fingerprint density at radius 1 is 1.24 bits per heavy atom. The molecule has 0 aliphatic rings. The van der Waals surface area contributed by atoms with Crippen molar-refractivity contribution >= 4 is 5.96 Å². The van der Waals surface area contributed by atoms with Crippen molar-refractivity contribution in [2.75, 3.05) is 7.05 Å². The minimum atomic E-state index is -0.138. The van der Waals surface area contributed by atoms with Crippen molar-refractivity contribution in [3.05, 3.63) is 52.3 Å². The quantitative estimate of drug-likeness (QED) is 0.551. The van der Waals surface area contributed by atoms with Gasteiger partial charge in [0.15, 0.2) is 5.96 Å². The van der Waals surface area contributed by atoms with Gasteiger partial charge < -0.3 is 15.4 Å². The average Bonchev–Trinajstić information content (AvgIpc) is 2.89. The molecule has 0 spiro atoms. The molecule has 29 heavy (non-hydrogen) atoms. The summed E-state index contributed by atoms with van der Waals surface area (Å²) < 4.78 is 7.83. The summed E-state index contributed by atoms with van der Waals surface area (Å²) in [7, 11) is 3.79. The normalized spacial score (nSPS) is 13.4. The van der Waals surface area contributed by atoms with E-state index >= 15 is 0 Å². The molecule has 0 aliphatic heterocycles. The van der Waals surface area contributed by atoms with Gasteiger partial charge in [-0.3, -0.25) is 9.67 Å². The van der Waals surface area contributed by atoms with Crippen molar-refractivity contribution < 1.29 is 4.74 Å². The second-order valence-electron chi connectivity index (χ2n) is 8.67. The van der Waals surface area contributed by atoms with Crippen LogP contribution in [-0.2, 0) is 31.4 Å². The lowest BCUT2D eigenvalue weighted by Crippen LogP contribution is -2.42. The van der Waals surface area contributed by atoms with E-state index in [1.165, 1.54) is 22.4 Å². The van der Waals surface area contributed by atoms with Gasteiger partial charge in [-0.1, -0.05) is 24.3 Å². The second-order valence-corrected chi connectivity index (χ2v) is 8.67. The molecule has 2 aromatic rings. The van der Waals surface area contributed by atoms with Crippen molar-refractivity contribution in [3.63, 3.8) is 0 Å². The van der Waals surface area contributed by atoms with Crippen molar-refractivity contribution in [1.29, 1.82) is 0 Å². The molecule has 6 heteroatoms. The number of aliphatic imine (C=N–C) groups is 1. The fourth-order valence-electron chi connectivity index (χ4n) is 3.21. The van der Waals surface area contributed by atoms with E-state index in [2.05, 4.69) is 86.5 Å². The Morgan fingerprint density at radius 2 is 1.93 bits per heavy atom. The lowest BCUT2D eigenvalue weighted by atomic mass is 10.1. The van der Waals surface area contributed by atoms with Gasteiger partial charge >= 0.3 is 0 Å². The summed E-state index contributed by atoms with van der Waals surface area (Å²) in [6.45, 7) is 13.9. The highest BCUT2D eigenvalue weighted by molar-refractivity contribution is 5.79. The third kappa shape index (κ3) is 7.20. The predicted octanol–water partition coefficient (Wildman–Crippen LogP) is 3.65. The van der Waals surface area contributed by atoms with Crippen LogP contribution in [0.4, 0.5) is 0 Å². The fourth-order valence-corrected chi connectivity index (χ4v) is 3.21. The maximum atomic E-state index is 5.88. The molecule has 0 aliphatic carbocycles. The van der Waals surface area contributed by atoms with Crippen LogP contribution in [0.25, 0.3) is 0 Å². The number of hydrogen-bond acceptors (Lipinski definition) is 3. The van der Waals surface area contributed by atoms with E-state index in [0.29, 0.717) is 13.2 Å². The SMILES string of the molecule is CN=C(NCc1cccc(COC(C)(C)C)c1)NC(C)Cc1c(C)nn(C)c1C. The molecule has 0 saturated heterocycles. The van der Waals surface area contributed by atoms with E-state index in [0.717, 1.165) is 18.1 Å². The van der Waals surface area contributed by atoms with Crippen molar-refractivity contribution in [1.82, 2.24) is 20.4 Å². The summed E-state index contributed by atoms with van der Waals surface area (Å²) in [5, 5.41) is 11.4. The zero-order valence-electron chi connectivity index (χ0n) is 19.3. The first-order chi connectivity index (χ1) is 13.6. The Morgan fingerprint density at radius 3 is 2.52 bits per heavy atom. The van der Waals surface area contributed by atoms with Crippen LogP contribution < -0.4 is 10.6 Å². The number of rotatable bonds is 7. The summed E-state index contributed by atoms with van der Waals surface area (Å²) in [6, 6.07) is 8.72.